The number of carbonyl (C=O) groups excluding carboxylic acids is 1. The van der Waals surface area contributed by atoms with Crippen molar-refractivity contribution in [1.82, 2.24) is 0 Å². The highest BCUT2D eigenvalue weighted by Gasteiger charge is 2.33. The van der Waals surface area contributed by atoms with Gasteiger partial charge in [-0.15, -0.1) is 12.4 Å². The van der Waals surface area contributed by atoms with Crippen LogP contribution < -0.4 is 5.73 Å². The van der Waals surface area contributed by atoms with Crippen LogP contribution in [-0.2, 0) is 20.7 Å². The third-order valence-electron chi connectivity index (χ3n) is 4.55. The van der Waals surface area contributed by atoms with Crippen LogP contribution in [0.5, 0.6) is 0 Å². The Labute approximate surface area is 155 Å². The smallest absolute Gasteiger partial charge is 0.323 e. The number of carbonyl (C=O) groups is 1. The van der Waals surface area contributed by atoms with Crippen molar-refractivity contribution in [1.29, 1.82) is 0 Å². The molecule has 1 heterocycles. The summed E-state index contributed by atoms with van der Waals surface area (Å²) in [5, 5.41) is 0. The predicted octanol–water partition coefficient (Wildman–Crippen LogP) is 3.64. The van der Waals surface area contributed by atoms with Crippen molar-refractivity contribution >= 4 is 18.4 Å². The van der Waals surface area contributed by atoms with Gasteiger partial charge in [0.15, 0.2) is 0 Å². The van der Waals surface area contributed by atoms with Crippen molar-refractivity contribution in [2.24, 2.45) is 11.7 Å². The van der Waals surface area contributed by atoms with Crippen molar-refractivity contribution in [2.45, 2.75) is 64.2 Å². The number of benzene rings is 1. The van der Waals surface area contributed by atoms with Gasteiger partial charge in [-0.2, -0.15) is 0 Å². The summed E-state index contributed by atoms with van der Waals surface area (Å²) in [6, 6.07) is 6.00. The summed E-state index contributed by atoms with van der Waals surface area (Å²) in [7, 11) is 0. The fraction of sp³-hybridized carbons (Fsp3) is 0.632. The van der Waals surface area contributed by atoms with E-state index >= 15 is 0 Å². The molecule has 4 nitrogen and oxygen atoms in total. The van der Waals surface area contributed by atoms with E-state index in [0.29, 0.717) is 13.0 Å². The SMILES string of the molecule is CCCO[C@@H]1[C@@H](Cc2ccc(F)cc2)CCC[C@H](N)C(=O)O[C@H]1C.Cl. The van der Waals surface area contributed by atoms with Crippen LogP contribution in [0, 0.1) is 11.7 Å². The zero-order valence-electron chi connectivity index (χ0n) is 14.9. The molecule has 1 aliphatic rings. The number of cyclic esters (lactones) is 1. The Kier molecular flexibility index (Phi) is 9.39. The minimum atomic E-state index is -0.566. The highest BCUT2D eigenvalue weighted by atomic mass is 35.5. The molecule has 0 aliphatic carbocycles. The fourth-order valence-corrected chi connectivity index (χ4v) is 3.27. The summed E-state index contributed by atoms with van der Waals surface area (Å²) in [5.41, 5.74) is 6.95. The van der Waals surface area contributed by atoms with E-state index in [0.717, 1.165) is 31.2 Å². The van der Waals surface area contributed by atoms with Gasteiger partial charge >= 0.3 is 5.97 Å². The molecule has 0 unspecified atom stereocenters. The van der Waals surface area contributed by atoms with Crippen molar-refractivity contribution in [3.63, 3.8) is 0 Å². The van der Waals surface area contributed by atoms with E-state index in [2.05, 4.69) is 6.92 Å². The van der Waals surface area contributed by atoms with Crippen LogP contribution in [0.1, 0.15) is 45.1 Å². The lowest BCUT2D eigenvalue weighted by Crippen LogP contribution is -2.40. The molecule has 1 aliphatic heterocycles. The Morgan fingerprint density at radius 3 is 2.60 bits per heavy atom. The maximum atomic E-state index is 13.1. The van der Waals surface area contributed by atoms with E-state index in [1.165, 1.54) is 12.1 Å². The summed E-state index contributed by atoms with van der Waals surface area (Å²) < 4.78 is 24.7. The standard InChI is InChI=1S/C19H28FNO3.ClH/c1-3-11-23-18-13(2)24-19(22)17(21)6-4-5-15(18)12-14-7-9-16(20)10-8-14;/h7-10,13,15,17-18H,3-6,11-12,21H2,1-2H3;1H/t13-,15+,17-,18-;/m0./s1. The van der Waals surface area contributed by atoms with Gasteiger partial charge in [0.2, 0.25) is 0 Å². The molecule has 0 saturated carbocycles. The average Bonchev–Trinajstić information content (AvgIpc) is 2.60. The molecule has 1 aromatic carbocycles. The van der Waals surface area contributed by atoms with Gasteiger partial charge in [0.1, 0.15) is 18.0 Å². The number of hydrogen-bond donors (Lipinski definition) is 1. The molecular formula is C19H29ClFNO3. The van der Waals surface area contributed by atoms with E-state index in [-0.39, 0.29) is 42.3 Å². The fourth-order valence-electron chi connectivity index (χ4n) is 3.27. The largest absolute Gasteiger partial charge is 0.459 e. The van der Waals surface area contributed by atoms with E-state index in [9.17, 15) is 9.18 Å². The van der Waals surface area contributed by atoms with Gasteiger partial charge in [0.05, 0.1) is 6.10 Å². The zero-order valence-corrected chi connectivity index (χ0v) is 15.8. The molecule has 4 atom stereocenters. The van der Waals surface area contributed by atoms with Crippen LogP contribution in [-0.4, -0.2) is 30.8 Å². The summed E-state index contributed by atoms with van der Waals surface area (Å²) in [5.74, 6) is -0.384. The molecule has 0 spiro atoms. The lowest BCUT2D eigenvalue weighted by Gasteiger charge is -2.31. The topological polar surface area (TPSA) is 61.5 Å². The quantitative estimate of drug-likeness (QED) is 0.800. The number of ether oxygens (including phenoxy) is 2. The van der Waals surface area contributed by atoms with Gasteiger partial charge in [-0.25, -0.2) is 4.39 Å². The normalized spacial score (nSPS) is 27.4. The number of esters is 1. The van der Waals surface area contributed by atoms with Crippen LogP contribution in [0.15, 0.2) is 24.3 Å². The van der Waals surface area contributed by atoms with Crippen LogP contribution in [0.4, 0.5) is 4.39 Å². The van der Waals surface area contributed by atoms with Crippen molar-refractivity contribution in [3.8, 4) is 0 Å². The second kappa shape index (κ2) is 10.7. The molecule has 1 fully saturated rings. The number of halogens is 2. The molecular weight excluding hydrogens is 345 g/mol. The minimum Gasteiger partial charge on any atom is -0.459 e. The minimum absolute atomic E-state index is 0. The summed E-state index contributed by atoms with van der Waals surface area (Å²) >= 11 is 0. The van der Waals surface area contributed by atoms with E-state index in [1.54, 1.807) is 12.1 Å². The van der Waals surface area contributed by atoms with Gasteiger partial charge in [-0.1, -0.05) is 25.5 Å². The van der Waals surface area contributed by atoms with E-state index in [4.69, 9.17) is 15.2 Å². The number of rotatable bonds is 5. The molecule has 0 radical (unpaired) electrons. The van der Waals surface area contributed by atoms with Crippen molar-refractivity contribution < 1.29 is 18.7 Å². The first-order valence-electron chi connectivity index (χ1n) is 8.83. The molecule has 1 aromatic rings. The lowest BCUT2D eigenvalue weighted by atomic mass is 9.87. The van der Waals surface area contributed by atoms with Gasteiger partial charge in [-0.05, 0) is 56.2 Å². The van der Waals surface area contributed by atoms with Crippen LogP contribution in [0.2, 0.25) is 0 Å². The second-order valence-electron chi connectivity index (χ2n) is 6.61. The third-order valence-corrected chi connectivity index (χ3v) is 4.55. The van der Waals surface area contributed by atoms with Gasteiger partial charge in [0.25, 0.3) is 0 Å². The summed E-state index contributed by atoms with van der Waals surface area (Å²) in [4.78, 5) is 12.0. The Bertz CT molecular complexity index is 526. The van der Waals surface area contributed by atoms with E-state index < -0.39 is 6.04 Å². The second-order valence-corrected chi connectivity index (χ2v) is 6.61. The molecule has 0 bridgehead atoms. The molecule has 142 valence electrons. The monoisotopic (exact) mass is 373 g/mol. The Balaban J connectivity index is 0.00000312. The first-order valence-corrected chi connectivity index (χ1v) is 8.83. The summed E-state index contributed by atoms with van der Waals surface area (Å²) in [6.07, 6.45) is 3.52. The van der Waals surface area contributed by atoms with E-state index in [1.807, 2.05) is 6.92 Å². The van der Waals surface area contributed by atoms with Crippen LogP contribution in [0.3, 0.4) is 0 Å². The molecule has 2 N–H and O–H groups in total. The maximum absolute atomic E-state index is 13.1. The van der Waals surface area contributed by atoms with Crippen molar-refractivity contribution in [3.05, 3.63) is 35.6 Å². The van der Waals surface area contributed by atoms with Gasteiger partial charge in [0, 0.05) is 6.61 Å². The molecule has 6 heteroatoms. The third kappa shape index (κ3) is 6.57. The molecule has 1 saturated heterocycles. The van der Waals surface area contributed by atoms with Gasteiger partial charge < -0.3 is 15.2 Å². The Morgan fingerprint density at radius 1 is 1.28 bits per heavy atom. The summed E-state index contributed by atoms with van der Waals surface area (Å²) in [6.45, 7) is 4.54. The highest BCUT2D eigenvalue weighted by molar-refractivity contribution is 5.85. The number of nitrogens with two attached hydrogens (primary N) is 1. The Hall–Kier alpha value is -1.17. The van der Waals surface area contributed by atoms with Crippen LogP contribution in [0.25, 0.3) is 0 Å². The average molecular weight is 374 g/mol. The maximum Gasteiger partial charge on any atom is 0.323 e. The zero-order chi connectivity index (χ0) is 17.5. The molecule has 25 heavy (non-hydrogen) atoms. The number of hydrogen-bond acceptors (Lipinski definition) is 4. The molecule has 0 aromatic heterocycles. The first-order chi connectivity index (χ1) is 11.5. The lowest BCUT2D eigenvalue weighted by molar-refractivity contribution is -0.160. The van der Waals surface area contributed by atoms with Gasteiger partial charge in [-0.3, -0.25) is 4.79 Å². The Morgan fingerprint density at radius 2 is 1.96 bits per heavy atom. The molecule has 0 amide bonds. The van der Waals surface area contributed by atoms with Crippen molar-refractivity contribution in [2.75, 3.05) is 6.61 Å². The first kappa shape index (κ1) is 21.9. The van der Waals surface area contributed by atoms with Crippen LogP contribution >= 0.6 is 12.4 Å². The predicted molar refractivity (Wildman–Crippen MR) is 98.3 cm³/mol. The highest BCUT2D eigenvalue weighted by Crippen LogP contribution is 2.27. The molecule has 2 rings (SSSR count).